The van der Waals surface area contributed by atoms with Gasteiger partial charge in [0.2, 0.25) is 5.91 Å². The summed E-state index contributed by atoms with van der Waals surface area (Å²) in [6.45, 7) is 3.51. The molecule has 3 N–H and O–H groups in total. The van der Waals surface area contributed by atoms with Crippen molar-refractivity contribution in [2.24, 2.45) is 7.05 Å². The molecule has 0 fully saturated rings. The molecule has 8 heteroatoms. The van der Waals surface area contributed by atoms with Crippen LogP contribution >= 0.6 is 0 Å². The number of rotatable bonds is 5. The largest absolute Gasteiger partial charge is 0.383 e. The molecule has 0 bridgehead atoms. The smallest absolute Gasteiger partial charge is 0.332 e. The lowest BCUT2D eigenvalue weighted by molar-refractivity contribution is -0.116. The van der Waals surface area contributed by atoms with Gasteiger partial charge < -0.3 is 16.0 Å². The van der Waals surface area contributed by atoms with Crippen molar-refractivity contribution in [2.45, 2.75) is 26.8 Å². The Kier molecular flexibility index (Phi) is 5.54. The highest BCUT2D eigenvalue weighted by Gasteiger charge is 2.19. The van der Waals surface area contributed by atoms with Crippen molar-refractivity contribution in [1.82, 2.24) is 9.13 Å². The van der Waals surface area contributed by atoms with Crippen molar-refractivity contribution in [3.05, 3.63) is 50.2 Å². The standard InChI is InChI=1S/C18H25N5O3/c1-6-12-9-7-8-11(2)14(12)20-13(24)10-23-17(25)15(21(3)4)16(19)22(5)18(23)26/h7-9H,6,10,19H2,1-5H3,(H,20,24). The van der Waals surface area contributed by atoms with Gasteiger partial charge in [-0.3, -0.25) is 14.2 Å². The summed E-state index contributed by atoms with van der Waals surface area (Å²) in [6.07, 6.45) is 0.756. The quantitative estimate of drug-likeness (QED) is 0.818. The molecule has 1 aromatic carbocycles. The predicted molar refractivity (Wildman–Crippen MR) is 104 cm³/mol. The summed E-state index contributed by atoms with van der Waals surface area (Å²) < 4.78 is 2.06. The molecule has 1 aromatic heterocycles. The average molecular weight is 359 g/mol. The van der Waals surface area contributed by atoms with Gasteiger partial charge in [0.15, 0.2) is 0 Å². The molecule has 1 heterocycles. The van der Waals surface area contributed by atoms with E-state index in [0.29, 0.717) is 5.69 Å². The summed E-state index contributed by atoms with van der Waals surface area (Å²) >= 11 is 0. The van der Waals surface area contributed by atoms with E-state index < -0.39 is 17.2 Å². The van der Waals surface area contributed by atoms with Crippen LogP contribution in [0.25, 0.3) is 0 Å². The van der Waals surface area contributed by atoms with E-state index in [-0.39, 0.29) is 18.1 Å². The molecule has 26 heavy (non-hydrogen) atoms. The number of nitrogens with one attached hydrogen (secondary N) is 1. The Morgan fingerprint density at radius 2 is 1.92 bits per heavy atom. The highest BCUT2D eigenvalue weighted by atomic mass is 16.2. The van der Waals surface area contributed by atoms with Crippen molar-refractivity contribution in [1.29, 1.82) is 0 Å². The Morgan fingerprint density at radius 3 is 2.50 bits per heavy atom. The first kappa shape index (κ1) is 19.3. The number of benzene rings is 1. The van der Waals surface area contributed by atoms with Gasteiger partial charge in [0.1, 0.15) is 18.1 Å². The van der Waals surface area contributed by atoms with Crippen LogP contribution in [0.1, 0.15) is 18.1 Å². The van der Waals surface area contributed by atoms with Gasteiger partial charge in [-0.1, -0.05) is 25.1 Å². The Bertz CT molecular complexity index is 957. The SMILES string of the molecule is CCc1cccc(C)c1NC(=O)Cn1c(=O)c(N(C)C)c(N)n(C)c1=O. The summed E-state index contributed by atoms with van der Waals surface area (Å²) in [5, 5.41) is 2.82. The van der Waals surface area contributed by atoms with Crippen LogP contribution in [0.15, 0.2) is 27.8 Å². The number of nitrogens with zero attached hydrogens (tertiary/aromatic N) is 3. The fraction of sp³-hybridized carbons (Fsp3) is 0.389. The second-order valence-electron chi connectivity index (χ2n) is 6.37. The Morgan fingerprint density at radius 1 is 1.27 bits per heavy atom. The Balaban J connectivity index is 2.43. The van der Waals surface area contributed by atoms with E-state index in [1.54, 1.807) is 14.1 Å². The second kappa shape index (κ2) is 7.47. The zero-order chi connectivity index (χ0) is 19.6. The summed E-state index contributed by atoms with van der Waals surface area (Å²) in [6, 6.07) is 5.75. The number of para-hydroxylation sites is 1. The lowest BCUT2D eigenvalue weighted by Gasteiger charge is -2.19. The van der Waals surface area contributed by atoms with Crippen molar-refractivity contribution in [2.75, 3.05) is 30.0 Å². The number of nitrogen functional groups attached to an aromatic ring is 1. The topological polar surface area (TPSA) is 102 Å². The number of aryl methyl sites for hydroxylation is 2. The van der Waals surface area contributed by atoms with Crippen LogP contribution in [0.5, 0.6) is 0 Å². The maximum Gasteiger partial charge on any atom is 0.332 e. The lowest BCUT2D eigenvalue weighted by atomic mass is 10.1. The van der Waals surface area contributed by atoms with Gasteiger partial charge >= 0.3 is 5.69 Å². The number of anilines is 3. The Hall–Kier alpha value is -3.03. The zero-order valence-electron chi connectivity index (χ0n) is 15.8. The van der Waals surface area contributed by atoms with Crippen LogP contribution in [-0.4, -0.2) is 29.1 Å². The third-order valence-electron chi connectivity index (χ3n) is 4.32. The molecule has 8 nitrogen and oxygen atoms in total. The number of carbonyl (C=O) groups excluding carboxylic acids is 1. The number of nitrogens with two attached hydrogens (primary N) is 1. The third kappa shape index (κ3) is 3.49. The molecule has 2 rings (SSSR count). The zero-order valence-corrected chi connectivity index (χ0v) is 15.8. The number of hydrogen-bond acceptors (Lipinski definition) is 5. The van der Waals surface area contributed by atoms with Crippen LogP contribution < -0.4 is 27.2 Å². The lowest BCUT2D eigenvalue weighted by Crippen LogP contribution is -2.44. The van der Waals surface area contributed by atoms with E-state index in [4.69, 9.17) is 5.73 Å². The molecule has 1 amide bonds. The summed E-state index contributed by atoms with van der Waals surface area (Å²) in [4.78, 5) is 39.1. The molecular weight excluding hydrogens is 334 g/mol. The fourth-order valence-corrected chi connectivity index (χ4v) is 2.85. The first-order valence-electron chi connectivity index (χ1n) is 8.34. The molecule has 0 radical (unpaired) electrons. The molecule has 0 aliphatic heterocycles. The molecule has 0 saturated heterocycles. The molecule has 0 spiro atoms. The van der Waals surface area contributed by atoms with E-state index in [9.17, 15) is 14.4 Å². The fourth-order valence-electron chi connectivity index (χ4n) is 2.85. The maximum absolute atomic E-state index is 12.6. The van der Waals surface area contributed by atoms with Gasteiger partial charge in [-0.25, -0.2) is 9.36 Å². The van der Waals surface area contributed by atoms with Crippen LogP contribution in [-0.2, 0) is 24.8 Å². The third-order valence-corrected chi connectivity index (χ3v) is 4.32. The van der Waals surface area contributed by atoms with Gasteiger partial charge in [-0.2, -0.15) is 0 Å². The van der Waals surface area contributed by atoms with E-state index in [0.717, 1.165) is 26.7 Å². The van der Waals surface area contributed by atoms with Gasteiger partial charge in [-0.05, 0) is 24.5 Å². The van der Waals surface area contributed by atoms with E-state index in [1.807, 2.05) is 32.0 Å². The van der Waals surface area contributed by atoms with E-state index in [2.05, 4.69) is 5.32 Å². The number of aromatic nitrogens is 2. The summed E-state index contributed by atoms with van der Waals surface area (Å²) in [5.41, 5.74) is 7.45. The molecule has 0 aliphatic rings. The minimum Gasteiger partial charge on any atom is -0.383 e. The Labute approximate surface area is 151 Å². The molecule has 0 aliphatic carbocycles. The van der Waals surface area contributed by atoms with E-state index in [1.165, 1.54) is 11.9 Å². The molecule has 140 valence electrons. The molecule has 0 unspecified atom stereocenters. The van der Waals surface area contributed by atoms with Crippen molar-refractivity contribution in [3.8, 4) is 0 Å². The first-order valence-corrected chi connectivity index (χ1v) is 8.34. The van der Waals surface area contributed by atoms with Crippen LogP contribution in [0.3, 0.4) is 0 Å². The van der Waals surface area contributed by atoms with E-state index >= 15 is 0 Å². The van der Waals surface area contributed by atoms with Crippen LogP contribution in [0.4, 0.5) is 17.2 Å². The van der Waals surface area contributed by atoms with Crippen LogP contribution in [0, 0.1) is 6.92 Å². The average Bonchev–Trinajstić information content (AvgIpc) is 2.58. The minimum absolute atomic E-state index is 0.0637. The molecule has 2 aromatic rings. The van der Waals surface area contributed by atoms with Crippen molar-refractivity contribution in [3.63, 3.8) is 0 Å². The predicted octanol–water partition coefficient (Wildman–Crippen LogP) is 0.705. The number of hydrogen-bond donors (Lipinski definition) is 2. The first-order chi connectivity index (χ1) is 12.2. The molecule has 0 saturated carbocycles. The second-order valence-corrected chi connectivity index (χ2v) is 6.37. The highest BCUT2D eigenvalue weighted by Crippen LogP contribution is 2.21. The van der Waals surface area contributed by atoms with Crippen molar-refractivity contribution < 1.29 is 4.79 Å². The minimum atomic E-state index is -0.631. The molecular formula is C18H25N5O3. The summed E-state index contributed by atoms with van der Waals surface area (Å²) in [7, 11) is 4.78. The van der Waals surface area contributed by atoms with Crippen LogP contribution in [0.2, 0.25) is 0 Å². The maximum atomic E-state index is 12.6. The van der Waals surface area contributed by atoms with Gasteiger partial charge in [0.25, 0.3) is 5.56 Å². The van der Waals surface area contributed by atoms with Gasteiger partial charge in [-0.15, -0.1) is 0 Å². The number of amides is 1. The highest BCUT2D eigenvalue weighted by molar-refractivity contribution is 5.92. The normalized spacial score (nSPS) is 10.7. The monoisotopic (exact) mass is 359 g/mol. The van der Waals surface area contributed by atoms with Crippen molar-refractivity contribution >= 4 is 23.1 Å². The number of carbonyl (C=O) groups is 1. The summed E-state index contributed by atoms with van der Waals surface area (Å²) in [5.74, 6) is -0.378. The molecule has 0 atom stereocenters. The van der Waals surface area contributed by atoms with Gasteiger partial charge in [0.05, 0.1) is 0 Å². The van der Waals surface area contributed by atoms with Gasteiger partial charge in [0, 0.05) is 26.8 Å².